The molecule has 3 heterocycles. The number of aliphatic carboxylic acids is 1. The molecule has 22 atom stereocenters. The van der Waals surface area contributed by atoms with Gasteiger partial charge in [-0.05, 0) is 111 Å². The fraction of sp³-hybridized carbons (Fsp3) is 0.917. The van der Waals surface area contributed by atoms with Crippen molar-refractivity contribution in [3.8, 4) is 0 Å². The fourth-order valence-corrected chi connectivity index (χ4v) is 14.9. The summed E-state index contributed by atoms with van der Waals surface area (Å²) in [5.41, 5.74) is -0.583. The van der Waals surface area contributed by atoms with Gasteiger partial charge in [0, 0.05) is 12.3 Å². The van der Waals surface area contributed by atoms with E-state index in [1.54, 1.807) is 0 Å². The Labute approximate surface area is 382 Å². The van der Waals surface area contributed by atoms with Crippen LogP contribution in [-0.2, 0) is 42.7 Å². The minimum absolute atomic E-state index is 0.000687. The van der Waals surface area contributed by atoms with Gasteiger partial charge in [-0.1, -0.05) is 53.2 Å². The molecule has 3 aliphatic heterocycles. The van der Waals surface area contributed by atoms with Crippen LogP contribution in [-0.4, -0.2) is 159 Å². The molecule has 8 N–H and O–H groups in total. The van der Waals surface area contributed by atoms with Gasteiger partial charge >= 0.3 is 11.9 Å². The van der Waals surface area contributed by atoms with Crippen LogP contribution in [0.4, 0.5) is 0 Å². The molecule has 65 heavy (non-hydrogen) atoms. The second-order valence-electron chi connectivity index (χ2n) is 23.0. The zero-order valence-electron chi connectivity index (χ0n) is 39.3. The number of carbonyl (C=O) groups excluding carboxylic acids is 1. The predicted molar refractivity (Wildman–Crippen MR) is 228 cm³/mol. The van der Waals surface area contributed by atoms with Gasteiger partial charge in [0.05, 0.1) is 37.4 Å². The molecule has 370 valence electrons. The maximum Gasteiger partial charge on any atom is 0.310 e. The molecule has 17 nitrogen and oxygen atoms in total. The Balaban J connectivity index is 1.01. The highest BCUT2D eigenvalue weighted by Gasteiger charge is 2.70. The number of hydrogen-bond acceptors (Lipinski definition) is 16. The molecule has 0 radical (unpaired) electrons. The maximum atomic E-state index is 13.1. The van der Waals surface area contributed by atoms with Crippen molar-refractivity contribution in [2.45, 2.75) is 206 Å². The Morgan fingerprint density at radius 2 is 1.37 bits per heavy atom. The molecule has 5 aliphatic carbocycles. The van der Waals surface area contributed by atoms with Crippen molar-refractivity contribution >= 4 is 11.9 Å². The van der Waals surface area contributed by atoms with Crippen LogP contribution >= 0.6 is 0 Å². The van der Waals surface area contributed by atoms with Gasteiger partial charge in [-0.3, -0.25) is 9.59 Å². The number of fused-ring (bicyclic) bond motifs is 7. The molecular formula is C48H76O17. The number of esters is 1. The first-order valence-corrected chi connectivity index (χ1v) is 24.0. The summed E-state index contributed by atoms with van der Waals surface area (Å²) < 4.78 is 41.4. The molecule has 8 rings (SSSR count). The van der Waals surface area contributed by atoms with Crippen LogP contribution < -0.4 is 0 Å². The van der Waals surface area contributed by atoms with Crippen molar-refractivity contribution in [3.05, 3.63) is 11.6 Å². The molecule has 0 aromatic rings. The van der Waals surface area contributed by atoms with E-state index in [0.717, 1.165) is 51.9 Å². The number of rotatable bonds is 9. The Bertz CT molecular complexity index is 1810. The Hall–Kier alpha value is -1.84. The molecule has 3 unspecified atom stereocenters. The van der Waals surface area contributed by atoms with Crippen LogP contribution in [0.3, 0.4) is 0 Å². The van der Waals surface area contributed by atoms with Crippen LogP contribution in [0.1, 0.15) is 120 Å². The van der Waals surface area contributed by atoms with Gasteiger partial charge in [0.15, 0.2) is 25.0 Å². The van der Waals surface area contributed by atoms with E-state index in [-0.39, 0.29) is 59.2 Å². The first-order valence-electron chi connectivity index (χ1n) is 24.0. The van der Waals surface area contributed by atoms with E-state index in [0.29, 0.717) is 19.3 Å². The SMILES string of the molecule is CC(=O)O[C@@H]1[C@@H](O)[C@H](O[C@@H]2[C@@H](O)[C@H](C)O[C@@H](O[C@H]3[C@H](O[C@H]4CC[C@@]5(C)C(CC[C@]6(C)C5CC=C5C7CC(C)(C)CC[C@]7(C(=O)O)CC[C@]56C)[C@]4(C)CO)OC[C@H](O)[C@@H]3O)[C@@H]2O)OC[C@@H]1O. The van der Waals surface area contributed by atoms with Crippen LogP contribution in [0, 0.1) is 50.2 Å². The minimum Gasteiger partial charge on any atom is -0.481 e. The average molecular weight is 925 g/mol. The third-order valence-corrected chi connectivity index (χ3v) is 19.0. The quantitative estimate of drug-likeness (QED) is 0.0939. The number of aliphatic hydroxyl groups is 7. The first-order chi connectivity index (χ1) is 30.4. The third-order valence-electron chi connectivity index (χ3n) is 19.0. The van der Waals surface area contributed by atoms with E-state index in [1.165, 1.54) is 12.5 Å². The summed E-state index contributed by atoms with van der Waals surface area (Å²) in [4.78, 5) is 24.8. The van der Waals surface area contributed by atoms with E-state index in [9.17, 15) is 50.4 Å². The molecule has 3 saturated heterocycles. The van der Waals surface area contributed by atoms with Gasteiger partial charge in [0.2, 0.25) is 0 Å². The lowest BCUT2D eigenvalue weighted by Gasteiger charge is -2.71. The van der Waals surface area contributed by atoms with E-state index in [4.69, 9.17) is 33.2 Å². The average Bonchev–Trinajstić information content (AvgIpc) is 3.24. The minimum atomic E-state index is -1.76. The zero-order valence-corrected chi connectivity index (χ0v) is 39.3. The molecule has 4 saturated carbocycles. The smallest absolute Gasteiger partial charge is 0.310 e. The summed E-state index contributed by atoms with van der Waals surface area (Å²) in [5.74, 6) is -1.13. The summed E-state index contributed by atoms with van der Waals surface area (Å²) >= 11 is 0. The van der Waals surface area contributed by atoms with E-state index >= 15 is 0 Å². The molecule has 0 aromatic carbocycles. The molecule has 0 spiro atoms. The van der Waals surface area contributed by atoms with E-state index in [1.807, 2.05) is 0 Å². The van der Waals surface area contributed by atoms with E-state index < -0.39 is 109 Å². The number of ether oxygens (including phenoxy) is 7. The normalized spacial score (nSPS) is 53.0. The summed E-state index contributed by atoms with van der Waals surface area (Å²) in [6, 6.07) is 0. The summed E-state index contributed by atoms with van der Waals surface area (Å²) in [6.45, 7) is 15.6. The largest absolute Gasteiger partial charge is 0.481 e. The molecule has 0 amide bonds. The summed E-state index contributed by atoms with van der Waals surface area (Å²) in [7, 11) is 0. The highest BCUT2D eigenvalue weighted by Crippen LogP contribution is 2.76. The summed E-state index contributed by atoms with van der Waals surface area (Å²) in [5, 5.41) is 88.4. The highest BCUT2D eigenvalue weighted by molar-refractivity contribution is 5.76. The van der Waals surface area contributed by atoms with Gasteiger partial charge in [0.25, 0.3) is 0 Å². The highest BCUT2D eigenvalue weighted by atomic mass is 16.8. The van der Waals surface area contributed by atoms with Crippen molar-refractivity contribution < 1.29 is 83.6 Å². The Morgan fingerprint density at radius 3 is 2.05 bits per heavy atom. The second kappa shape index (κ2) is 17.5. The molecule has 8 aliphatic rings. The van der Waals surface area contributed by atoms with Crippen molar-refractivity contribution in [2.75, 3.05) is 19.8 Å². The maximum absolute atomic E-state index is 13.1. The molecule has 0 bridgehead atoms. The number of carboxylic acid groups (broad SMARTS) is 1. The molecule has 7 fully saturated rings. The number of carbonyl (C=O) groups is 2. The van der Waals surface area contributed by atoms with Crippen molar-refractivity contribution in [2.24, 2.45) is 50.2 Å². The first kappa shape index (κ1) is 49.6. The van der Waals surface area contributed by atoms with Crippen molar-refractivity contribution in [1.82, 2.24) is 0 Å². The van der Waals surface area contributed by atoms with Crippen LogP contribution in [0.2, 0.25) is 0 Å². The Kier molecular flexibility index (Phi) is 13.4. The van der Waals surface area contributed by atoms with Gasteiger partial charge in [-0.15, -0.1) is 0 Å². The zero-order chi connectivity index (χ0) is 47.4. The topological polar surface area (TPSA) is 261 Å². The Morgan fingerprint density at radius 1 is 0.723 bits per heavy atom. The summed E-state index contributed by atoms with van der Waals surface area (Å²) in [6.07, 6.45) is -9.35. The van der Waals surface area contributed by atoms with Crippen LogP contribution in [0.25, 0.3) is 0 Å². The molecule has 0 aromatic heterocycles. The molecule has 17 heteroatoms. The predicted octanol–water partition coefficient (Wildman–Crippen LogP) is 2.56. The van der Waals surface area contributed by atoms with Crippen molar-refractivity contribution in [1.29, 1.82) is 0 Å². The monoisotopic (exact) mass is 925 g/mol. The third kappa shape index (κ3) is 7.96. The number of allylic oxidation sites excluding steroid dienone is 2. The second-order valence-corrected chi connectivity index (χ2v) is 23.0. The fourth-order valence-electron chi connectivity index (χ4n) is 14.9. The van der Waals surface area contributed by atoms with E-state index in [2.05, 4.69) is 47.6 Å². The lowest BCUT2D eigenvalue weighted by molar-refractivity contribution is -0.379. The van der Waals surface area contributed by atoms with Crippen molar-refractivity contribution in [3.63, 3.8) is 0 Å². The number of carboxylic acids is 1. The number of aliphatic hydroxyl groups excluding tert-OH is 7. The van der Waals surface area contributed by atoms with Gasteiger partial charge in [0.1, 0.15) is 48.8 Å². The molecular weight excluding hydrogens is 849 g/mol. The standard InChI is InChI=1S/C48H76O17/c1-23-32(53)37(64-39-34(55)36(62-24(2)50)28(52)21-59-39)35(56)40(61-23)65-38-33(54)27(51)20-60-41(38)63-31-12-13-44(5)29(45(31,6)22-49)11-14-47(8)30(44)10-9-25-26-19-43(3,4)15-17-48(26,42(57)58)18-16-46(25,47)7/h9,23,26-41,49,51-56H,10-22H2,1-8H3,(H,57,58)/t23-,26?,27-,28-,29?,30?,31-,32-,33-,34+,35+,36-,37+,38+,39-,40-,41-,44-,45-,46+,47+,48-/m0/s1. The lowest BCUT2D eigenvalue weighted by Crippen LogP contribution is -2.67. The van der Waals surface area contributed by atoms with Crippen LogP contribution in [0.5, 0.6) is 0 Å². The number of hydrogen-bond donors (Lipinski definition) is 8. The van der Waals surface area contributed by atoms with Crippen LogP contribution in [0.15, 0.2) is 11.6 Å². The van der Waals surface area contributed by atoms with Gasteiger partial charge in [-0.2, -0.15) is 0 Å². The lowest BCUT2D eigenvalue weighted by atomic mass is 9.33. The van der Waals surface area contributed by atoms with Gasteiger partial charge < -0.3 is 74.0 Å². The van der Waals surface area contributed by atoms with Gasteiger partial charge in [-0.25, -0.2) is 0 Å².